The molecule has 0 N–H and O–H groups in total. The zero-order valence-electron chi connectivity index (χ0n) is 18.4. The number of hydrogen-bond donors (Lipinski definition) is 0. The molecule has 0 saturated carbocycles. The fourth-order valence-corrected chi connectivity index (χ4v) is 4.30. The molecule has 1 amide bonds. The van der Waals surface area contributed by atoms with Crippen LogP contribution in [0.5, 0.6) is 0 Å². The van der Waals surface area contributed by atoms with Gasteiger partial charge in [0.1, 0.15) is 12.1 Å². The lowest BCUT2D eigenvalue weighted by atomic mass is 10.0. The van der Waals surface area contributed by atoms with Gasteiger partial charge in [0.25, 0.3) is 11.7 Å². The van der Waals surface area contributed by atoms with Gasteiger partial charge in [-0.25, -0.2) is 4.98 Å². The Morgan fingerprint density at radius 1 is 0.938 bits per heavy atom. The van der Waals surface area contributed by atoms with Gasteiger partial charge in [-0.15, -0.1) is 0 Å². The minimum Gasteiger partial charge on any atom is -0.353 e. The summed E-state index contributed by atoms with van der Waals surface area (Å²) in [5, 5.41) is 4.47. The van der Waals surface area contributed by atoms with Gasteiger partial charge in [0, 0.05) is 49.4 Å². The topological polar surface area (TPSA) is 66.6 Å². The number of aromatic nitrogens is 4. The second-order valence-electron chi connectivity index (χ2n) is 8.28. The SMILES string of the molecule is Cc1ccc(C(=O)N2CCN(c3c(Cc4ccccc4)c(C)nc4ncnn34)CC2)cc1. The Morgan fingerprint density at radius 2 is 1.66 bits per heavy atom. The third-order valence-corrected chi connectivity index (χ3v) is 6.09. The van der Waals surface area contributed by atoms with Crippen molar-refractivity contribution in [3.63, 3.8) is 0 Å². The number of piperazine rings is 1. The van der Waals surface area contributed by atoms with E-state index in [9.17, 15) is 4.79 Å². The molecule has 0 atom stereocenters. The van der Waals surface area contributed by atoms with E-state index in [1.165, 1.54) is 5.56 Å². The summed E-state index contributed by atoms with van der Waals surface area (Å²) in [6.45, 7) is 6.86. The monoisotopic (exact) mass is 426 g/mol. The molecule has 2 aromatic heterocycles. The van der Waals surface area contributed by atoms with Crippen molar-refractivity contribution < 1.29 is 4.79 Å². The first-order valence-electron chi connectivity index (χ1n) is 10.9. The predicted molar refractivity (Wildman–Crippen MR) is 124 cm³/mol. The predicted octanol–water partition coefficient (Wildman–Crippen LogP) is 3.29. The molecule has 0 unspecified atom stereocenters. The van der Waals surface area contributed by atoms with Crippen LogP contribution in [0.15, 0.2) is 60.9 Å². The van der Waals surface area contributed by atoms with Crippen LogP contribution in [0.25, 0.3) is 5.78 Å². The molecule has 1 aliphatic rings. The minimum atomic E-state index is 0.0889. The lowest BCUT2D eigenvalue weighted by molar-refractivity contribution is 0.0746. The van der Waals surface area contributed by atoms with Crippen LogP contribution in [0, 0.1) is 13.8 Å². The highest BCUT2D eigenvalue weighted by molar-refractivity contribution is 5.94. The third-order valence-electron chi connectivity index (χ3n) is 6.09. The zero-order valence-corrected chi connectivity index (χ0v) is 18.4. The Balaban J connectivity index is 1.42. The van der Waals surface area contributed by atoms with Gasteiger partial charge in [-0.3, -0.25) is 4.79 Å². The molecule has 0 radical (unpaired) electrons. The van der Waals surface area contributed by atoms with Gasteiger partial charge in [-0.05, 0) is 31.5 Å². The molecule has 7 nitrogen and oxygen atoms in total. The number of nitrogens with zero attached hydrogens (tertiary/aromatic N) is 6. The van der Waals surface area contributed by atoms with Gasteiger partial charge in [0.15, 0.2) is 0 Å². The van der Waals surface area contributed by atoms with E-state index in [2.05, 4.69) is 44.2 Å². The summed E-state index contributed by atoms with van der Waals surface area (Å²) >= 11 is 0. The van der Waals surface area contributed by atoms with Crippen LogP contribution in [-0.4, -0.2) is 56.6 Å². The van der Waals surface area contributed by atoms with Crippen molar-refractivity contribution >= 4 is 17.5 Å². The maximum atomic E-state index is 13.0. The summed E-state index contributed by atoms with van der Waals surface area (Å²) in [4.78, 5) is 26.2. The van der Waals surface area contributed by atoms with E-state index in [-0.39, 0.29) is 5.91 Å². The normalized spacial score (nSPS) is 14.2. The van der Waals surface area contributed by atoms with Gasteiger partial charge < -0.3 is 9.80 Å². The molecule has 4 aromatic rings. The van der Waals surface area contributed by atoms with Gasteiger partial charge in [-0.1, -0.05) is 48.0 Å². The first-order chi connectivity index (χ1) is 15.6. The number of anilines is 1. The van der Waals surface area contributed by atoms with Gasteiger partial charge in [0.2, 0.25) is 0 Å². The van der Waals surface area contributed by atoms with Crippen LogP contribution in [0.2, 0.25) is 0 Å². The summed E-state index contributed by atoms with van der Waals surface area (Å²) in [6.07, 6.45) is 2.32. The highest BCUT2D eigenvalue weighted by Gasteiger charge is 2.26. The van der Waals surface area contributed by atoms with E-state index in [0.717, 1.165) is 47.7 Å². The third kappa shape index (κ3) is 3.82. The lowest BCUT2D eigenvalue weighted by Gasteiger charge is -2.37. The smallest absolute Gasteiger partial charge is 0.254 e. The number of fused-ring (bicyclic) bond motifs is 1. The molecule has 5 rings (SSSR count). The number of aryl methyl sites for hydroxylation is 2. The Morgan fingerprint density at radius 3 is 2.38 bits per heavy atom. The molecule has 162 valence electrons. The zero-order chi connectivity index (χ0) is 22.1. The average Bonchev–Trinajstić information content (AvgIpc) is 3.28. The summed E-state index contributed by atoms with van der Waals surface area (Å²) in [6, 6.07) is 18.2. The maximum Gasteiger partial charge on any atom is 0.254 e. The molecule has 3 heterocycles. The van der Waals surface area contributed by atoms with Gasteiger partial charge in [-0.2, -0.15) is 14.6 Å². The van der Waals surface area contributed by atoms with Crippen LogP contribution in [0.1, 0.15) is 32.7 Å². The maximum absolute atomic E-state index is 13.0. The molecular formula is C25H26N6O. The van der Waals surface area contributed by atoms with E-state index in [1.54, 1.807) is 6.33 Å². The number of amides is 1. The van der Waals surface area contributed by atoms with Crippen molar-refractivity contribution in [3.8, 4) is 0 Å². The quantitative estimate of drug-likeness (QED) is 0.501. The second kappa shape index (κ2) is 8.42. The number of carbonyl (C=O) groups excluding carboxylic acids is 1. The number of hydrogen-bond acceptors (Lipinski definition) is 5. The van der Waals surface area contributed by atoms with E-state index in [4.69, 9.17) is 0 Å². The fourth-order valence-electron chi connectivity index (χ4n) is 4.30. The van der Waals surface area contributed by atoms with Crippen molar-refractivity contribution in [1.29, 1.82) is 0 Å². The summed E-state index contributed by atoms with van der Waals surface area (Å²) in [5.74, 6) is 1.72. The van der Waals surface area contributed by atoms with Crippen LogP contribution in [0.4, 0.5) is 5.82 Å². The van der Waals surface area contributed by atoms with Crippen LogP contribution < -0.4 is 4.90 Å². The van der Waals surface area contributed by atoms with Gasteiger partial charge in [0.05, 0.1) is 0 Å². The van der Waals surface area contributed by atoms with E-state index in [0.29, 0.717) is 18.9 Å². The second-order valence-corrected chi connectivity index (χ2v) is 8.28. The molecule has 7 heteroatoms. The minimum absolute atomic E-state index is 0.0889. The van der Waals surface area contributed by atoms with Crippen LogP contribution >= 0.6 is 0 Å². The molecule has 0 aliphatic carbocycles. The van der Waals surface area contributed by atoms with Crippen molar-refractivity contribution in [1.82, 2.24) is 24.5 Å². The number of rotatable bonds is 4. The van der Waals surface area contributed by atoms with E-state index < -0.39 is 0 Å². The average molecular weight is 427 g/mol. The van der Waals surface area contributed by atoms with Gasteiger partial charge >= 0.3 is 0 Å². The number of carbonyl (C=O) groups is 1. The Hall–Kier alpha value is -3.74. The highest BCUT2D eigenvalue weighted by Crippen LogP contribution is 2.27. The Bertz CT molecular complexity index is 1240. The molecule has 0 bridgehead atoms. The standard InChI is InChI=1S/C25H26N6O/c1-18-8-10-21(11-9-18)24(32)30-14-12-29(13-15-30)23-22(16-20-6-4-3-5-7-20)19(2)28-25-26-17-27-31(23)25/h3-11,17H,12-16H2,1-2H3. The summed E-state index contributed by atoms with van der Waals surface area (Å²) in [7, 11) is 0. The molecule has 2 aromatic carbocycles. The molecular weight excluding hydrogens is 400 g/mol. The molecule has 1 saturated heterocycles. The summed E-state index contributed by atoms with van der Waals surface area (Å²) in [5.41, 5.74) is 5.23. The lowest BCUT2D eigenvalue weighted by Crippen LogP contribution is -2.49. The summed E-state index contributed by atoms with van der Waals surface area (Å²) < 4.78 is 1.84. The number of benzene rings is 2. The fraction of sp³-hybridized carbons (Fsp3) is 0.280. The molecule has 1 aliphatic heterocycles. The largest absolute Gasteiger partial charge is 0.353 e. The van der Waals surface area contributed by atoms with E-state index >= 15 is 0 Å². The molecule has 1 fully saturated rings. The van der Waals surface area contributed by atoms with E-state index in [1.807, 2.05) is 53.6 Å². The van der Waals surface area contributed by atoms with Crippen LogP contribution in [-0.2, 0) is 6.42 Å². The first kappa shape index (κ1) is 20.2. The Kier molecular flexibility index (Phi) is 5.31. The molecule has 0 spiro atoms. The first-order valence-corrected chi connectivity index (χ1v) is 10.9. The van der Waals surface area contributed by atoms with Crippen molar-refractivity contribution in [2.45, 2.75) is 20.3 Å². The molecule has 32 heavy (non-hydrogen) atoms. The highest BCUT2D eigenvalue weighted by atomic mass is 16.2. The van der Waals surface area contributed by atoms with Crippen molar-refractivity contribution in [2.24, 2.45) is 0 Å². The Labute approximate surface area is 187 Å². The van der Waals surface area contributed by atoms with Crippen molar-refractivity contribution in [2.75, 3.05) is 31.1 Å². The van der Waals surface area contributed by atoms with Crippen molar-refractivity contribution in [3.05, 3.63) is 88.9 Å². The van der Waals surface area contributed by atoms with Crippen LogP contribution in [0.3, 0.4) is 0 Å².